The number of hydrogen-bond donors (Lipinski definition) is 2. The predicted molar refractivity (Wildman–Crippen MR) is 160 cm³/mol. The van der Waals surface area contributed by atoms with Crippen molar-refractivity contribution in [2.45, 2.75) is 65.6 Å². The summed E-state index contributed by atoms with van der Waals surface area (Å²) in [5.74, 6) is 2.18. The van der Waals surface area contributed by atoms with E-state index in [1.165, 1.54) is 18.4 Å². The predicted octanol–water partition coefficient (Wildman–Crippen LogP) is 5.90. The number of carbonyl (C=O) groups excluding carboxylic acids is 1. The first-order chi connectivity index (χ1) is 19.6. The van der Waals surface area contributed by atoms with E-state index in [0.29, 0.717) is 19.0 Å². The zero-order valence-corrected chi connectivity index (χ0v) is 24.6. The quantitative estimate of drug-likeness (QED) is 0.292. The van der Waals surface area contributed by atoms with E-state index in [9.17, 15) is 4.79 Å². The molecule has 1 aliphatic carbocycles. The van der Waals surface area contributed by atoms with Crippen LogP contribution in [0.5, 0.6) is 0 Å². The van der Waals surface area contributed by atoms with Gasteiger partial charge in [0.25, 0.3) is 0 Å². The van der Waals surface area contributed by atoms with Crippen LogP contribution in [0.4, 0.5) is 16.6 Å². The number of ether oxygens (including phenoxy) is 1. The fourth-order valence-corrected chi connectivity index (χ4v) is 5.43. The van der Waals surface area contributed by atoms with E-state index >= 15 is 0 Å². The van der Waals surface area contributed by atoms with Crippen LogP contribution in [0.25, 0.3) is 22.2 Å². The minimum Gasteiger partial charge on any atom is -0.444 e. The van der Waals surface area contributed by atoms with Gasteiger partial charge in [-0.05, 0) is 94.3 Å². The lowest BCUT2D eigenvalue weighted by Crippen LogP contribution is -2.50. The van der Waals surface area contributed by atoms with E-state index in [0.717, 1.165) is 59.1 Å². The largest absolute Gasteiger partial charge is 0.444 e. The molecule has 216 valence electrons. The standard InChI is InChI=1S/C31H40N8O2/c1-20-14-26-27(16-25(20)24-17-33-39(19-24)18-22-6-7-22)35-29(34-26)36-28-15-23(8-9-32-28)21(2)37-10-12-38(13-11-37)30(40)41-31(3,4)5/h8-9,14-17,19,21-22H,6-7,10-13,18H2,1-5H3,(H2,32,34,35,36). The maximum absolute atomic E-state index is 12.4. The highest BCUT2D eigenvalue weighted by atomic mass is 16.6. The molecule has 0 bridgehead atoms. The van der Waals surface area contributed by atoms with Gasteiger partial charge in [0.2, 0.25) is 5.95 Å². The molecule has 1 saturated heterocycles. The van der Waals surface area contributed by atoms with Gasteiger partial charge >= 0.3 is 6.09 Å². The van der Waals surface area contributed by atoms with Crippen LogP contribution in [-0.2, 0) is 11.3 Å². The number of nitrogens with one attached hydrogen (secondary N) is 2. The average Bonchev–Trinajstić information content (AvgIpc) is 3.48. The van der Waals surface area contributed by atoms with Gasteiger partial charge < -0.3 is 19.9 Å². The van der Waals surface area contributed by atoms with E-state index in [2.05, 4.69) is 68.2 Å². The van der Waals surface area contributed by atoms with Gasteiger partial charge in [-0.25, -0.2) is 14.8 Å². The molecule has 4 heterocycles. The summed E-state index contributed by atoms with van der Waals surface area (Å²) in [5, 5.41) is 7.94. The number of aryl methyl sites for hydroxylation is 1. The number of nitrogens with zero attached hydrogens (tertiary/aromatic N) is 6. The van der Waals surface area contributed by atoms with E-state index in [1.54, 1.807) is 4.90 Å². The SMILES string of the molecule is Cc1cc2[nH]c(Nc3cc(C(C)N4CCN(C(=O)OC(C)(C)C)CC4)ccn3)nc2cc1-c1cnn(CC2CC2)c1. The van der Waals surface area contributed by atoms with Crippen LogP contribution < -0.4 is 5.32 Å². The second kappa shape index (κ2) is 10.8. The number of amides is 1. The third-order valence-corrected chi connectivity index (χ3v) is 7.94. The molecule has 2 N–H and O–H groups in total. The smallest absolute Gasteiger partial charge is 0.410 e. The number of imidazole rings is 1. The van der Waals surface area contributed by atoms with Crippen molar-refractivity contribution in [3.63, 3.8) is 0 Å². The number of benzene rings is 1. The molecule has 0 spiro atoms. The average molecular weight is 557 g/mol. The summed E-state index contributed by atoms with van der Waals surface area (Å²) in [5.41, 5.74) is 6.01. The number of aromatic nitrogens is 5. The second-order valence-electron chi connectivity index (χ2n) is 12.4. The molecule has 2 fully saturated rings. The summed E-state index contributed by atoms with van der Waals surface area (Å²) < 4.78 is 7.61. The number of fused-ring (bicyclic) bond motifs is 1. The van der Waals surface area contributed by atoms with Crippen molar-refractivity contribution in [3.8, 4) is 11.1 Å². The first-order valence-electron chi connectivity index (χ1n) is 14.6. The summed E-state index contributed by atoms with van der Waals surface area (Å²) in [7, 11) is 0. The van der Waals surface area contributed by atoms with Crippen molar-refractivity contribution < 1.29 is 9.53 Å². The van der Waals surface area contributed by atoms with Crippen LogP contribution in [0, 0.1) is 12.8 Å². The summed E-state index contributed by atoms with van der Waals surface area (Å²) in [6.45, 7) is 13.9. The topological polar surface area (TPSA) is 104 Å². The Labute approximate surface area is 241 Å². The fraction of sp³-hybridized carbons (Fsp3) is 0.484. The summed E-state index contributed by atoms with van der Waals surface area (Å²) in [4.78, 5) is 29.4. The van der Waals surface area contributed by atoms with E-state index in [4.69, 9.17) is 9.72 Å². The summed E-state index contributed by atoms with van der Waals surface area (Å²) >= 11 is 0. The molecule has 3 aromatic heterocycles. The minimum absolute atomic E-state index is 0.182. The molecule has 1 amide bonds. The molecule has 10 nitrogen and oxygen atoms in total. The van der Waals surface area contributed by atoms with Gasteiger partial charge in [0.1, 0.15) is 11.4 Å². The lowest BCUT2D eigenvalue weighted by molar-refractivity contribution is 0.0110. The Morgan fingerprint density at radius 1 is 1.17 bits per heavy atom. The van der Waals surface area contributed by atoms with Crippen molar-refractivity contribution in [1.82, 2.24) is 34.5 Å². The lowest BCUT2D eigenvalue weighted by Gasteiger charge is -2.38. The number of piperazine rings is 1. The number of pyridine rings is 1. The molecule has 1 atom stereocenters. The maximum Gasteiger partial charge on any atom is 0.410 e. The molecular formula is C31H40N8O2. The number of hydrogen-bond acceptors (Lipinski definition) is 7. The monoisotopic (exact) mass is 556 g/mol. The van der Waals surface area contributed by atoms with Gasteiger partial charge in [-0.2, -0.15) is 5.10 Å². The van der Waals surface area contributed by atoms with Crippen LogP contribution in [0.2, 0.25) is 0 Å². The van der Waals surface area contributed by atoms with Gasteiger partial charge in [0, 0.05) is 56.7 Å². The highest BCUT2D eigenvalue weighted by Gasteiger charge is 2.28. The Hall–Kier alpha value is -3.92. The van der Waals surface area contributed by atoms with Crippen molar-refractivity contribution in [2.24, 2.45) is 5.92 Å². The molecule has 4 aromatic rings. The molecule has 1 unspecified atom stereocenters. The molecular weight excluding hydrogens is 516 g/mol. The highest BCUT2D eigenvalue weighted by molar-refractivity contribution is 5.85. The summed E-state index contributed by atoms with van der Waals surface area (Å²) in [6, 6.07) is 8.58. The molecule has 6 rings (SSSR count). The second-order valence-corrected chi connectivity index (χ2v) is 12.4. The zero-order valence-electron chi connectivity index (χ0n) is 24.6. The number of carbonyl (C=O) groups is 1. The van der Waals surface area contributed by atoms with Crippen LogP contribution in [0.15, 0.2) is 42.9 Å². The van der Waals surface area contributed by atoms with Crippen LogP contribution in [0.3, 0.4) is 0 Å². The van der Waals surface area contributed by atoms with E-state index in [1.807, 2.05) is 39.2 Å². The van der Waals surface area contributed by atoms with Crippen LogP contribution in [0.1, 0.15) is 57.7 Å². The molecule has 0 radical (unpaired) electrons. The van der Waals surface area contributed by atoms with Crippen molar-refractivity contribution in [1.29, 1.82) is 0 Å². The normalized spacial score (nSPS) is 17.1. The Kier molecular flexibility index (Phi) is 7.19. The van der Waals surface area contributed by atoms with Gasteiger partial charge in [0.15, 0.2) is 0 Å². The number of aromatic amines is 1. The molecule has 41 heavy (non-hydrogen) atoms. The third kappa shape index (κ3) is 6.37. The Morgan fingerprint density at radius 3 is 2.68 bits per heavy atom. The molecule has 1 aromatic carbocycles. The molecule has 2 aliphatic rings. The summed E-state index contributed by atoms with van der Waals surface area (Å²) in [6.07, 6.45) is 8.31. The first kappa shape index (κ1) is 27.3. The van der Waals surface area contributed by atoms with Crippen LogP contribution in [-0.4, -0.2) is 72.4 Å². The van der Waals surface area contributed by atoms with E-state index < -0.39 is 5.60 Å². The Morgan fingerprint density at radius 2 is 1.95 bits per heavy atom. The van der Waals surface area contributed by atoms with Crippen molar-refractivity contribution in [3.05, 3.63) is 54.0 Å². The van der Waals surface area contributed by atoms with Gasteiger partial charge in [-0.3, -0.25) is 9.58 Å². The zero-order chi connectivity index (χ0) is 28.7. The first-order valence-corrected chi connectivity index (χ1v) is 14.6. The molecule has 1 aliphatic heterocycles. The third-order valence-electron chi connectivity index (χ3n) is 7.94. The van der Waals surface area contributed by atoms with E-state index in [-0.39, 0.29) is 12.1 Å². The number of H-pyrrole nitrogens is 1. The van der Waals surface area contributed by atoms with Crippen molar-refractivity contribution >= 4 is 28.9 Å². The maximum atomic E-state index is 12.4. The molecule has 10 heteroatoms. The number of anilines is 2. The molecule has 1 saturated carbocycles. The number of rotatable bonds is 7. The highest BCUT2D eigenvalue weighted by Crippen LogP contribution is 2.32. The van der Waals surface area contributed by atoms with Gasteiger partial charge in [-0.1, -0.05) is 0 Å². The Balaban J connectivity index is 1.12. The van der Waals surface area contributed by atoms with Crippen molar-refractivity contribution in [2.75, 3.05) is 31.5 Å². The fourth-order valence-electron chi connectivity index (χ4n) is 5.43. The Bertz CT molecular complexity index is 1540. The lowest BCUT2D eigenvalue weighted by atomic mass is 10.0. The minimum atomic E-state index is -0.484. The van der Waals surface area contributed by atoms with Gasteiger partial charge in [0.05, 0.1) is 17.2 Å². The van der Waals surface area contributed by atoms with Crippen LogP contribution >= 0.6 is 0 Å². The van der Waals surface area contributed by atoms with Gasteiger partial charge in [-0.15, -0.1) is 0 Å².